The van der Waals surface area contributed by atoms with Crippen LogP contribution in [0.5, 0.6) is 11.5 Å². The summed E-state index contributed by atoms with van der Waals surface area (Å²) in [4.78, 5) is 4.58. The van der Waals surface area contributed by atoms with E-state index in [0.717, 1.165) is 35.1 Å². The predicted octanol–water partition coefficient (Wildman–Crippen LogP) is 3.16. The standard InChI is InChI=1S/C19H20N4O2.HI/c1-2-21-19(22-11-15-5-3-4-14(8-15)10-20)23-12-16-6-7-17-18(9-16)25-13-24-17;/h3-9H,2,11-13H2,1H3,(H2,21,22,23);1H. The van der Waals surface area contributed by atoms with Crippen molar-refractivity contribution in [3.63, 3.8) is 0 Å². The lowest BCUT2D eigenvalue weighted by Crippen LogP contribution is -2.36. The zero-order valence-electron chi connectivity index (χ0n) is 14.5. The third-order valence-corrected chi connectivity index (χ3v) is 3.72. The summed E-state index contributed by atoms with van der Waals surface area (Å²) in [6, 6.07) is 15.5. The first kappa shape index (κ1) is 19.8. The van der Waals surface area contributed by atoms with Crippen LogP contribution in [-0.4, -0.2) is 19.3 Å². The Morgan fingerprint density at radius 2 is 1.96 bits per heavy atom. The molecule has 26 heavy (non-hydrogen) atoms. The van der Waals surface area contributed by atoms with Gasteiger partial charge in [-0.05, 0) is 42.3 Å². The summed E-state index contributed by atoms with van der Waals surface area (Å²) < 4.78 is 10.7. The average Bonchev–Trinajstić information content (AvgIpc) is 3.12. The summed E-state index contributed by atoms with van der Waals surface area (Å²) in [7, 11) is 0. The molecule has 2 aromatic rings. The molecular formula is C19H21IN4O2. The van der Waals surface area contributed by atoms with Gasteiger partial charge in [0.15, 0.2) is 17.5 Å². The third-order valence-electron chi connectivity index (χ3n) is 3.72. The van der Waals surface area contributed by atoms with Crippen molar-refractivity contribution in [1.29, 1.82) is 5.26 Å². The molecule has 0 amide bonds. The molecule has 0 bridgehead atoms. The second-order valence-electron chi connectivity index (χ2n) is 5.55. The SMILES string of the molecule is CCNC(=NCc1cccc(C#N)c1)NCc1ccc2c(c1)OCO2.I. The van der Waals surface area contributed by atoms with E-state index in [-0.39, 0.29) is 30.8 Å². The van der Waals surface area contributed by atoms with E-state index in [1.807, 2.05) is 43.3 Å². The number of ether oxygens (including phenoxy) is 2. The molecule has 2 N–H and O–H groups in total. The largest absolute Gasteiger partial charge is 0.454 e. The maximum absolute atomic E-state index is 8.97. The topological polar surface area (TPSA) is 78.7 Å². The number of nitrogens with zero attached hydrogens (tertiary/aromatic N) is 2. The number of halogens is 1. The molecule has 0 unspecified atom stereocenters. The Balaban J connectivity index is 0.00000243. The molecule has 2 aromatic carbocycles. The molecule has 1 aliphatic rings. The summed E-state index contributed by atoms with van der Waals surface area (Å²) >= 11 is 0. The van der Waals surface area contributed by atoms with Crippen molar-refractivity contribution in [3.8, 4) is 17.6 Å². The van der Waals surface area contributed by atoms with Gasteiger partial charge in [-0.1, -0.05) is 18.2 Å². The van der Waals surface area contributed by atoms with Crippen molar-refractivity contribution in [2.75, 3.05) is 13.3 Å². The third kappa shape index (κ3) is 5.26. The second-order valence-corrected chi connectivity index (χ2v) is 5.55. The molecular weight excluding hydrogens is 443 g/mol. The molecule has 0 spiro atoms. The summed E-state index contributed by atoms with van der Waals surface area (Å²) in [6.07, 6.45) is 0. The summed E-state index contributed by atoms with van der Waals surface area (Å²) in [6.45, 7) is 4.20. The molecule has 0 fully saturated rings. The number of nitrogens with one attached hydrogen (secondary N) is 2. The van der Waals surface area contributed by atoms with Crippen LogP contribution in [0.4, 0.5) is 0 Å². The van der Waals surface area contributed by atoms with Gasteiger partial charge in [0.05, 0.1) is 18.2 Å². The first-order chi connectivity index (χ1) is 12.3. The average molecular weight is 464 g/mol. The van der Waals surface area contributed by atoms with E-state index >= 15 is 0 Å². The molecule has 1 heterocycles. The van der Waals surface area contributed by atoms with Crippen LogP contribution >= 0.6 is 24.0 Å². The van der Waals surface area contributed by atoms with Crippen molar-refractivity contribution in [2.24, 2.45) is 4.99 Å². The number of hydrogen-bond acceptors (Lipinski definition) is 4. The van der Waals surface area contributed by atoms with E-state index in [1.54, 1.807) is 6.07 Å². The highest BCUT2D eigenvalue weighted by Crippen LogP contribution is 2.32. The van der Waals surface area contributed by atoms with Crippen LogP contribution in [0, 0.1) is 11.3 Å². The molecule has 6 nitrogen and oxygen atoms in total. The molecule has 136 valence electrons. The van der Waals surface area contributed by atoms with Gasteiger partial charge >= 0.3 is 0 Å². The fourth-order valence-corrected chi connectivity index (χ4v) is 2.49. The van der Waals surface area contributed by atoms with E-state index in [0.29, 0.717) is 18.7 Å². The van der Waals surface area contributed by atoms with Crippen molar-refractivity contribution >= 4 is 29.9 Å². The van der Waals surface area contributed by atoms with Gasteiger partial charge in [0.1, 0.15) is 0 Å². The van der Waals surface area contributed by atoms with Gasteiger partial charge in [0.2, 0.25) is 6.79 Å². The fourth-order valence-electron chi connectivity index (χ4n) is 2.49. The molecule has 0 saturated carbocycles. The number of fused-ring (bicyclic) bond motifs is 1. The van der Waals surface area contributed by atoms with E-state index in [4.69, 9.17) is 14.7 Å². The smallest absolute Gasteiger partial charge is 0.231 e. The van der Waals surface area contributed by atoms with Crippen molar-refractivity contribution in [2.45, 2.75) is 20.0 Å². The lowest BCUT2D eigenvalue weighted by molar-refractivity contribution is 0.174. The van der Waals surface area contributed by atoms with Gasteiger partial charge in [-0.3, -0.25) is 0 Å². The number of guanidine groups is 1. The minimum absolute atomic E-state index is 0. The minimum Gasteiger partial charge on any atom is -0.454 e. The van der Waals surface area contributed by atoms with Gasteiger partial charge in [0, 0.05) is 13.1 Å². The molecule has 3 rings (SSSR count). The highest BCUT2D eigenvalue weighted by atomic mass is 127. The lowest BCUT2D eigenvalue weighted by atomic mass is 10.1. The molecule has 0 saturated heterocycles. The number of rotatable bonds is 5. The maximum atomic E-state index is 8.97. The van der Waals surface area contributed by atoms with E-state index in [1.165, 1.54) is 0 Å². The molecule has 0 aromatic heterocycles. The molecule has 1 aliphatic heterocycles. The number of benzene rings is 2. The predicted molar refractivity (Wildman–Crippen MR) is 111 cm³/mol. The Hall–Kier alpha value is -2.47. The van der Waals surface area contributed by atoms with Crippen LogP contribution in [0.1, 0.15) is 23.6 Å². The van der Waals surface area contributed by atoms with Crippen LogP contribution in [0.25, 0.3) is 0 Å². The van der Waals surface area contributed by atoms with Gasteiger partial charge in [0.25, 0.3) is 0 Å². The van der Waals surface area contributed by atoms with Crippen LogP contribution in [0.15, 0.2) is 47.5 Å². The first-order valence-electron chi connectivity index (χ1n) is 8.18. The second kappa shape index (κ2) is 9.87. The van der Waals surface area contributed by atoms with Crippen molar-refractivity contribution < 1.29 is 9.47 Å². The highest BCUT2D eigenvalue weighted by molar-refractivity contribution is 14.0. The molecule has 7 heteroatoms. The van der Waals surface area contributed by atoms with Crippen molar-refractivity contribution in [1.82, 2.24) is 10.6 Å². The Morgan fingerprint density at radius 1 is 1.12 bits per heavy atom. The van der Waals surface area contributed by atoms with E-state index < -0.39 is 0 Å². The van der Waals surface area contributed by atoms with Gasteiger partial charge < -0.3 is 20.1 Å². The van der Waals surface area contributed by atoms with E-state index in [2.05, 4.69) is 21.7 Å². The Morgan fingerprint density at radius 3 is 2.77 bits per heavy atom. The summed E-state index contributed by atoms with van der Waals surface area (Å²) in [5.41, 5.74) is 2.73. The lowest BCUT2D eigenvalue weighted by Gasteiger charge is -2.12. The monoisotopic (exact) mass is 464 g/mol. The van der Waals surface area contributed by atoms with Crippen LogP contribution in [-0.2, 0) is 13.1 Å². The van der Waals surface area contributed by atoms with Gasteiger partial charge in [-0.25, -0.2) is 4.99 Å². The Kier molecular flexibility index (Phi) is 7.53. The highest BCUT2D eigenvalue weighted by Gasteiger charge is 2.13. The number of aliphatic imine (C=N–C) groups is 1. The molecule has 0 radical (unpaired) electrons. The molecule has 0 atom stereocenters. The molecule has 0 aliphatic carbocycles. The maximum Gasteiger partial charge on any atom is 0.231 e. The summed E-state index contributed by atoms with van der Waals surface area (Å²) in [5.74, 6) is 2.28. The quantitative estimate of drug-likeness (QED) is 0.404. The van der Waals surface area contributed by atoms with Gasteiger partial charge in [-0.2, -0.15) is 5.26 Å². The van der Waals surface area contributed by atoms with Crippen LogP contribution < -0.4 is 20.1 Å². The zero-order chi connectivity index (χ0) is 17.5. The fraction of sp³-hybridized carbons (Fsp3) is 0.263. The van der Waals surface area contributed by atoms with Gasteiger partial charge in [-0.15, -0.1) is 24.0 Å². The Bertz CT molecular complexity index is 817. The van der Waals surface area contributed by atoms with Crippen LogP contribution in [0.2, 0.25) is 0 Å². The van der Waals surface area contributed by atoms with Crippen LogP contribution in [0.3, 0.4) is 0 Å². The van der Waals surface area contributed by atoms with Crippen molar-refractivity contribution in [3.05, 3.63) is 59.2 Å². The zero-order valence-corrected chi connectivity index (χ0v) is 16.8. The van der Waals surface area contributed by atoms with E-state index in [9.17, 15) is 0 Å². The number of nitriles is 1. The summed E-state index contributed by atoms with van der Waals surface area (Å²) in [5, 5.41) is 15.5. The minimum atomic E-state index is 0. The Labute approximate surface area is 170 Å². The number of hydrogen-bond donors (Lipinski definition) is 2. The first-order valence-corrected chi connectivity index (χ1v) is 8.18. The normalized spacial score (nSPS) is 12.1.